The predicted octanol–water partition coefficient (Wildman–Crippen LogP) is 4.97. The average Bonchev–Trinajstić information content (AvgIpc) is 2.35. The smallest absolute Gasteiger partial charge is 0.308 e. The van der Waals surface area contributed by atoms with Crippen LogP contribution in [0.15, 0.2) is 16.6 Å². The predicted molar refractivity (Wildman–Crippen MR) is 82.9 cm³/mol. The van der Waals surface area contributed by atoms with Gasteiger partial charge in [-0.2, -0.15) is 0 Å². The first kappa shape index (κ1) is 7.26. The van der Waals surface area contributed by atoms with Crippen molar-refractivity contribution in [2.24, 2.45) is 0 Å². The lowest BCUT2D eigenvalue weighted by Crippen LogP contribution is -2.19. The minimum Gasteiger partial charge on any atom is -0.425 e. The van der Waals surface area contributed by atoms with Crippen LogP contribution in [-0.4, -0.2) is 5.97 Å². The second kappa shape index (κ2) is 5.28. The van der Waals surface area contributed by atoms with E-state index in [2.05, 4.69) is 15.9 Å². The fourth-order valence-corrected chi connectivity index (χ4v) is 2.09. The molecule has 0 spiro atoms. The Morgan fingerprint density at radius 2 is 1.79 bits per heavy atom. The molecule has 3 heteroatoms. The van der Waals surface area contributed by atoms with Crippen LogP contribution in [0.4, 0.5) is 0 Å². The van der Waals surface area contributed by atoms with E-state index >= 15 is 0 Å². The Labute approximate surface area is 137 Å². The monoisotopic (exact) mass is 335 g/mol. The highest BCUT2D eigenvalue weighted by Crippen LogP contribution is 2.40. The number of halogens is 1. The van der Waals surface area contributed by atoms with E-state index in [0.717, 1.165) is 6.92 Å². The zero-order valence-corrected chi connectivity index (χ0v) is 12.9. The number of hydrogen-bond donors (Lipinski definition) is 0. The molecule has 0 fully saturated rings. The first-order chi connectivity index (χ1) is 12.2. The number of esters is 1. The molecule has 0 saturated heterocycles. The molecular formula is C16H23BrO2. The van der Waals surface area contributed by atoms with Gasteiger partial charge in [-0.25, -0.2) is 0 Å². The average molecular weight is 336 g/mol. The van der Waals surface area contributed by atoms with E-state index < -0.39 is 48.7 Å². The third-order valence-electron chi connectivity index (χ3n) is 2.56. The summed E-state index contributed by atoms with van der Waals surface area (Å²) in [7, 11) is 0. The molecule has 0 saturated carbocycles. The van der Waals surface area contributed by atoms with Gasteiger partial charge in [0, 0.05) is 24.8 Å². The van der Waals surface area contributed by atoms with Crippen molar-refractivity contribution >= 4 is 21.9 Å². The molecule has 0 bridgehead atoms. The summed E-state index contributed by atoms with van der Waals surface area (Å²) in [5.41, 5.74) is -3.95. The molecule has 0 aliphatic rings. The zero-order chi connectivity index (χ0) is 22.5. The summed E-state index contributed by atoms with van der Waals surface area (Å²) in [6.45, 7) is -3.95. The quantitative estimate of drug-likeness (QED) is 0.535. The number of carbonyl (C=O) groups excluding carboxylic acids is 1. The maximum Gasteiger partial charge on any atom is 0.308 e. The zero-order valence-electron chi connectivity index (χ0n) is 20.3. The second-order valence-corrected chi connectivity index (χ2v) is 6.28. The molecule has 0 unspecified atom stereocenters. The summed E-state index contributed by atoms with van der Waals surface area (Å²) < 4.78 is 76.5. The van der Waals surface area contributed by atoms with Gasteiger partial charge in [0.15, 0.2) is 0 Å². The Morgan fingerprint density at radius 3 is 2.21 bits per heavy atom. The number of hydrogen-bond acceptors (Lipinski definition) is 2. The first-order valence-corrected chi connectivity index (χ1v) is 6.50. The van der Waals surface area contributed by atoms with E-state index in [4.69, 9.17) is 17.1 Å². The summed E-state index contributed by atoms with van der Waals surface area (Å²) in [6.07, 6.45) is 0. The van der Waals surface area contributed by atoms with Crippen molar-refractivity contribution in [3.8, 4) is 5.75 Å². The summed E-state index contributed by atoms with van der Waals surface area (Å²) in [4.78, 5) is 11.6. The molecule has 0 aliphatic carbocycles. The Morgan fingerprint density at radius 1 is 1.21 bits per heavy atom. The van der Waals surface area contributed by atoms with Crippen LogP contribution in [0.3, 0.4) is 0 Å². The lowest BCUT2D eigenvalue weighted by Gasteiger charge is -2.27. The Bertz CT molecular complexity index is 720. The van der Waals surface area contributed by atoms with E-state index in [1.807, 2.05) is 0 Å². The van der Waals surface area contributed by atoms with Crippen molar-refractivity contribution in [3.63, 3.8) is 0 Å². The van der Waals surface area contributed by atoms with Gasteiger partial charge < -0.3 is 4.74 Å². The largest absolute Gasteiger partial charge is 0.425 e. The Hall–Kier alpha value is -0.830. The van der Waals surface area contributed by atoms with Crippen molar-refractivity contribution in [3.05, 3.63) is 27.7 Å². The lowest BCUT2D eigenvalue weighted by atomic mass is 9.80. The van der Waals surface area contributed by atoms with Gasteiger partial charge in [-0.15, -0.1) is 0 Å². The highest BCUT2D eigenvalue weighted by Gasteiger charge is 2.26. The van der Waals surface area contributed by atoms with Gasteiger partial charge in [0.2, 0.25) is 0 Å². The minimum atomic E-state index is -3.46. The van der Waals surface area contributed by atoms with Crippen LogP contribution >= 0.6 is 15.9 Å². The lowest BCUT2D eigenvalue weighted by molar-refractivity contribution is -0.132. The Balaban J connectivity index is 4.28. The molecule has 19 heavy (non-hydrogen) atoms. The topological polar surface area (TPSA) is 26.3 Å². The molecule has 1 aromatic carbocycles. The van der Waals surface area contributed by atoms with Crippen LogP contribution in [0.5, 0.6) is 5.75 Å². The van der Waals surface area contributed by atoms with Crippen LogP contribution < -0.4 is 4.74 Å². The first-order valence-electron chi connectivity index (χ1n) is 10.2. The van der Waals surface area contributed by atoms with Gasteiger partial charge in [0.25, 0.3) is 0 Å². The molecule has 0 amide bonds. The summed E-state index contributed by atoms with van der Waals surface area (Å²) >= 11 is 3.18. The highest BCUT2D eigenvalue weighted by atomic mass is 79.9. The number of carbonyl (C=O) groups is 1. The molecular weight excluding hydrogens is 304 g/mol. The van der Waals surface area contributed by atoms with E-state index in [0.29, 0.717) is 5.56 Å². The fraction of sp³-hybridized carbons (Fsp3) is 0.562. The maximum absolute atomic E-state index is 11.6. The second-order valence-electron chi connectivity index (χ2n) is 5.43. The van der Waals surface area contributed by atoms with E-state index in [1.54, 1.807) is 26.8 Å². The van der Waals surface area contributed by atoms with Crippen LogP contribution in [0.2, 0.25) is 0 Å². The van der Waals surface area contributed by atoms with E-state index in [9.17, 15) is 4.79 Å². The standard InChI is InChI=1S/C16H23BrO2/c1-10(18)19-14-12(16(5,6)7)8-11(9-13(14)17)15(2,3)4/h8-9H,1-7H3/i5D3,6D3,7D3. The van der Waals surface area contributed by atoms with Gasteiger partial charge in [-0.05, 0) is 38.4 Å². The highest BCUT2D eigenvalue weighted by molar-refractivity contribution is 9.10. The Kier molecular flexibility index (Phi) is 2.02. The van der Waals surface area contributed by atoms with Gasteiger partial charge in [-0.3, -0.25) is 4.79 Å². The summed E-state index contributed by atoms with van der Waals surface area (Å²) in [5.74, 6) is -1.27. The number of benzene rings is 1. The van der Waals surface area contributed by atoms with Crippen molar-refractivity contribution in [1.29, 1.82) is 0 Å². The van der Waals surface area contributed by atoms with Gasteiger partial charge in [0.1, 0.15) is 5.75 Å². The van der Waals surface area contributed by atoms with Gasteiger partial charge >= 0.3 is 5.97 Å². The molecule has 0 aliphatic heterocycles. The van der Waals surface area contributed by atoms with E-state index in [-0.39, 0.29) is 4.47 Å². The minimum absolute atomic E-state index is 0.0900. The van der Waals surface area contributed by atoms with Crippen LogP contribution in [0.1, 0.15) is 71.7 Å². The SMILES string of the molecule is [2H]C([2H])([2H])C(c1cc(C(C)(C)C)cc(Br)c1OC(C)=O)(C([2H])([2H])[2H])C([2H])([2H])[2H]. The van der Waals surface area contributed by atoms with Crippen molar-refractivity contribution in [2.45, 2.75) is 59.1 Å². The molecule has 0 N–H and O–H groups in total. The van der Waals surface area contributed by atoms with Crippen molar-refractivity contribution in [2.75, 3.05) is 0 Å². The van der Waals surface area contributed by atoms with Crippen LogP contribution in [0.25, 0.3) is 0 Å². The third-order valence-corrected chi connectivity index (χ3v) is 3.15. The number of rotatable bonds is 1. The summed E-state index contributed by atoms with van der Waals surface area (Å²) in [6, 6.07) is 2.75. The van der Waals surface area contributed by atoms with Crippen LogP contribution in [0, 0.1) is 0 Å². The maximum atomic E-state index is 11.6. The molecule has 0 heterocycles. The molecule has 0 radical (unpaired) electrons. The molecule has 106 valence electrons. The van der Waals surface area contributed by atoms with Crippen molar-refractivity contribution in [1.82, 2.24) is 0 Å². The number of ether oxygens (including phenoxy) is 1. The van der Waals surface area contributed by atoms with Gasteiger partial charge in [0.05, 0.1) is 4.47 Å². The molecule has 1 rings (SSSR count). The van der Waals surface area contributed by atoms with Crippen LogP contribution in [-0.2, 0) is 15.6 Å². The van der Waals surface area contributed by atoms with E-state index in [1.165, 1.54) is 6.07 Å². The molecule has 2 nitrogen and oxygen atoms in total. The fourth-order valence-electron chi connectivity index (χ4n) is 1.55. The third kappa shape index (κ3) is 4.07. The summed E-state index contributed by atoms with van der Waals surface area (Å²) in [5, 5.41) is 0. The molecule has 1 aromatic rings. The normalized spacial score (nSPS) is 21.4. The molecule has 0 aromatic heterocycles. The van der Waals surface area contributed by atoms with Crippen molar-refractivity contribution < 1.29 is 21.9 Å². The molecule has 0 atom stereocenters. The van der Waals surface area contributed by atoms with Gasteiger partial charge in [-0.1, -0.05) is 47.4 Å².